The van der Waals surface area contributed by atoms with E-state index < -0.39 is 0 Å². The number of hydrogen-bond donors (Lipinski definition) is 1. The van der Waals surface area contributed by atoms with Gasteiger partial charge in [0.25, 0.3) is 0 Å². The van der Waals surface area contributed by atoms with Gasteiger partial charge in [0.2, 0.25) is 0 Å². The Hall–Kier alpha value is -2.20. The zero-order valence-corrected chi connectivity index (χ0v) is 13.1. The topological polar surface area (TPSA) is 51.0 Å². The fourth-order valence-corrected chi connectivity index (χ4v) is 2.39. The Bertz CT molecular complexity index is 629. The maximum atomic E-state index is 8.58. The molecule has 0 amide bonds. The Morgan fingerprint density at radius 1 is 1.23 bits per heavy atom. The summed E-state index contributed by atoms with van der Waals surface area (Å²) >= 11 is 6.20. The first-order valence-corrected chi connectivity index (χ1v) is 7.34. The van der Waals surface area contributed by atoms with Crippen molar-refractivity contribution in [2.75, 3.05) is 13.7 Å². The number of halogens is 1. The molecule has 22 heavy (non-hydrogen) atoms. The van der Waals surface area contributed by atoms with Crippen molar-refractivity contribution in [3.63, 3.8) is 0 Å². The summed E-state index contributed by atoms with van der Waals surface area (Å²) in [6, 6.07) is 13.6. The minimum atomic E-state index is 0.425. The predicted molar refractivity (Wildman–Crippen MR) is 87.6 cm³/mol. The second-order valence-electron chi connectivity index (χ2n) is 4.72. The number of rotatable bonds is 7. The van der Waals surface area contributed by atoms with E-state index in [1.807, 2.05) is 18.2 Å². The van der Waals surface area contributed by atoms with Crippen molar-refractivity contribution in [1.82, 2.24) is 0 Å². The van der Waals surface area contributed by atoms with Crippen molar-refractivity contribution in [3.05, 3.63) is 58.6 Å². The van der Waals surface area contributed by atoms with E-state index >= 15 is 0 Å². The molecule has 0 saturated heterocycles. The maximum Gasteiger partial charge on any atom is 0.179 e. The van der Waals surface area contributed by atoms with Gasteiger partial charge in [-0.15, -0.1) is 0 Å². The zero-order valence-electron chi connectivity index (χ0n) is 12.3. The molecule has 0 aliphatic heterocycles. The predicted octanol–water partition coefficient (Wildman–Crippen LogP) is 4.17. The average molecular weight is 320 g/mol. The van der Waals surface area contributed by atoms with E-state index in [4.69, 9.17) is 26.3 Å². The number of nitrogens with zero attached hydrogens (tertiary/aromatic N) is 1. The highest BCUT2D eigenvalue weighted by Gasteiger charge is 2.11. The fourth-order valence-electron chi connectivity index (χ4n) is 2.12. The number of ether oxygens (including phenoxy) is 2. The number of aryl methyl sites for hydroxylation is 1. The Labute approximate surface area is 134 Å². The lowest BCUT2D eigenvalue weighted by atomic mass is 10.1. The third-order valence-corrected chi connectivity index (χ3v) is 3.44. The molecule has 0 aliphatic carbocycles. The molecular weight excluding hydrogens is 302 g/mol. The Kier molecular flexibility index (Phi) is 6.10. The van der Waals surface area contributed by atoms with Gasteiger partial charge in [0.05, 0.1) is 25.0 Å². The van der Waals surface area contributed by atoms with Gasteiger partial charge < -0.3 is 14.7 Å². The first-order valence-electron chi connectivity index (χ1n) is 6.96. The molecule has 4 nitrogen and oxygen atoms in total. The highest BCUT2D eigenvalue weighted by Crippen LogP contribution is 2.36. The number of methoxy groups -OCH3 is 1. The molecule has 0 unspecified atom stereocenters. The minimum absolute atomic E-state index is 0.425. The van der Waals surface area contributed by atoms with Gasteiger partial charge in [-0.1, -0.05) is 47.1 Å². The molecule has 2 aromatic rings. The first-order chi connectivity index (χ1) is 10.7. The van der Waals surface area contributed by atoms with Crippen LogP contribution in [0.25, 0.3) is 0 Å². The van der Waals surface area contributed by atoms with Gasteiger partial charge >= 0.3 is 0 Å². The Balaban J connectivity index is 1.97. The van der Waals surface area contributed by atoms with E-state index in [1.54, 1.807) is 19.2 Å². The van der Waals surface area contributed by atoms with Crippen LogP contribution in [0.2, 0.25) is 5.02 Å². The van der Waals surface area contributed by atoms with Gasteiger partial charge in [-0.3, -0.25) is 0 Å². The van der Waals surface area contributed by atoms with Crippen molar-refractivity contribution in [3.8, 4) is 11.5 Å². The van der Waals surface area contributed by atoms with E-state index in [-0.39, 0.29) is 0 Å². The summed E-state index contributed by atoms with van der Waals surface area (Å²) in [5.74, 6) is 1.02. The third kappa shape index (κ3) is 4.40. The van der Waals surface area contributed by atoms with Crippen molar-refractivity contribution in [1.29, 1.82) is 0 Å². The average Bonchev–Trinajstić information content (AvgIpc) is 2.54. The summed E-state index contributed by atoms with van der Waals surface area (Å²) in [5.41, 5.74) is 1.92. The van der Waals surface area contributed by atoms with E-state index in [1.165, 1.54) is 11.8 Å². The highest BCUT2D eigenvalue weighted by atomic mass is 35.5. The standard InChI is InChI=1S/C17H18ClNO3/c1-21-16-11-14(12-19-20)10-15(18)17(16)22-9-5-8-13-6-3-2-4-7-13/h2-4,6-7,10-12,20H,5,8-9H2,1H3. The van der Waals surface area contributed by atoms with Crippen LogP contribution < -0.4 is 9.47 Å². The van der Waals surface area contributed by atoms with Gasteiger partial charge in [0.1, 0.15) is 0 Å². The van der Waals surface area contributed by atoms with Crippen molar-refractivity contribution in [2.45, 2.75) is 12.8 Å². The second-order valence-corrected chi connectivity index (χ2v) is 5.12. The van der Waals surface area contributed by atoms with Crippen LogP contribution in [0, 0.1) is 0 Å². The molecule has 0 fully saturated rings. The maximum absolute atomic E-state index is 8.58. The molecule has 0 saturated carbocycles. The number of oxime groups is 1. The smallest absolute Gasteiger partial charge is 0.179 e. The van der Waals surface area contributed by atoms with Crippen LogP contribution in [-0.2, 0) is 6.42 Å². The lowest BCUT2D eigenvalue weighted by molar-refractivity contribution is 0.289. The molecule has 0 atom stereocenters. The largest absolute Gasteiger partial charge is 0.493 e. The van der Waals surface area contributed by atoms with Gasteiger partial charge in [-0.2, -0.15) is 0 Å². The molecular formula is C17H18ClNO3. The molecule has 0 aliphatic rings. The molecule has 0 radical (unpaired) electrons. The van der Waals surface area contributed by atoms with E-state index in [0.717, 1.165) is 12.8 Å². The molecule has 2 rings (SSSR count). The lowest BCUT2D eigenvalue weighted by Gasteiger charge is -2.13. The zero-order chi connectivity index (χ0) is 15.8. The van der Waals surface area contributed by atoms with Crippen LogP contribution in [0.1, 0.15) is 17.5 Å². The molecule has 116 valence electrons. The van der Waals surface area contributed by atoms with Gasteiger partial charge in [-0.05, 0) is 30.5 Å². The monoisotopic (exact) mass is 319 g/mol. The van der Waals surface area contributed by atoms with Gasteiger partial charge in [0.15, 0.2) is 11.5 Å². The van der Waals surface area contributed by atoms with E-state index in [0.29, 0.717) is 28.7 Å². The van der Waals surface area contributed by atoms with Crippen molar-refractivity contribution < 1.29 is 14.7 Å². The molecule has 0 heterocycles. The number of benzene rings is 2. The molecule has 2 aromatic carbocycles. The summed E-state index contributed by atoms with van der Waals surface area (Å²) in [6.45, 7) is 0.540. The molecule has 1 N–H and O–H groups in total. The highest BCUT2D eigenvalue weighted by molar-refractivity contribution is 6.32. The molecule has 0 bridgehead atoms. The summed E-state index contributed by atoms with van der Waals surface area (Å²) < 4.78 is 11.0. The van der Waals surface area contributed by atoms with E-state index in [9.17, 15) is 0 Å². The summed E-state index contributed by atoms with van der Waals surface area (Å²) in [4.78, 5) is 0. The fraction of sp³-hybridized carbons (Fsp3) is 0.235. The van der Waals surface area contributed by atoms with Crippen LogP contribution in [0.3, 0.4) is 0 Å². The molecule has 0 aromatic heterocycles. The lowest BCUT2D eigenvalue weighted by Crippen LogP contribution is -2.02. The van der Waals surface area contributed by atoms with Crippen molar-refractivity contribution in [2.24, 2.45) is 5.16 Å². The SMILES string of the molecule is COc1cc(C=NO)cc(Cl)c1OCCCc1ccccc1. The third-order valence-electron chi connectivity index (χ3n) is 3.16. The number of hydrogen-bond acceptors (Lipinski definition) is 4. The quantitative estimate of drug-likeness (QED) is 0.361. The normalized spacial score (nSPS) is 10.8. The molecule has 0 spiro atoms. The molecule has 5 heteroatoms. The van der Waals surface area contributed by atoms with Gasteiger partial charge in [0, 0.05) is 5.56 Å². The Morgan fingerprint density at radius 2 is 2.00 bits per heavy atom. The van der Waals surface area contributed by atoms with E-state index in [2.05, 4.69) is 17.3 Å². The van der Waals surface area contributed by atoms with Crippen molar-refractivity contribution >= 4 is 17.8 Å². The van der Waals surface area contributed by atoms with Crippen LogP contribution >= 0.6 is 11.6 Å². The van der Waals surface area contributed by atoms with Crippen LogP contribution in [0.4, 0.5) is 0 Å². The van der Waals surface area contributed by atoms with Crippen LogP contribution in [-0.4, -0.2) is 25.1 Å². The Morgan fingerprint density at radius 3 is 2.68 bits per heavy atom. The minimum Gasteiger partial charge on any atom is -0.493 e. The summed E-state index contributed by atoms with van der Waals surface area (Å²) in [6.07, 6.45) is 3.10. The first kappa shape index (κ1) is 16.2. The summed E-state index contributed by atoms with van der Waals surface area (Å²) in [5, 5.41) is 12.0. The van der Waals surface area contributed by atoms with Gasteiger partial charge in [-0.25, -0.2) is 0 Å². The summed E-state index contributed by atoms with van der Waals surface area (Å²) in [7, 11) is 1.54. The van der Waals surface area contributed by atoms with Crippen LogP contribution in [0.15, 0.2) is 47.6 Å². The van der Waals surface area contributed by atoms with Crippen LogP contribution in [0.5, 0.6) is 11.5 Å². The second kappa shape index (κ2) is 8.29.